The van der Waals surface area contributed by atoms with Crippen molar-refractivity contribution in [1.29, 1.82) is 0 Å². The molecular weight excluding hydrogens is 356 g/mol. The number of imidazole rings is 1. The summed E-state index contributed by atoms with van der Waals surface area (Å²) in [5.74, 6) is 5.16. The van der Waals surface area contributed by atoms with Crippen LogP contribution in [0.2, 0.25) is 0 Å². The first-order valence-electron chi connectivity index (χ1n) is 12.3. The molecule has 0 saturated heterocycles. The first kappa shape index (κ1) is 19.8. The molecule has 0 radical (unpaired) electrons. The zero-order valence-corrected chi connectivity index (χ0v) is 19.0. The number of fused-ring (bicyclic) bond motifs is 5. The average molecular weight is 397 g/mol. The first-order chi connectivity index (χ1) is 13.8. The Morgan fingerprint density at radius 3 is 2.59 bits per heavy atom. The molecule has 8 unspecified atom stereocenters. The lowest BCUT2D eigenvalue weighted by Gasteiger charge is -2.61. The number of aryl methyl sites for hydroxylation is 1. The monoisotopic (exact) mass is 396 g/mol. The zero-order chi connectivity index (χ0) is 20.4. The smallest absolute Gasteiger partial charge is 0.156 e. The van der Waals surface area contributed by atoms with Gasteiger partial charge < -0.3 is 4.57 Å². The number of aromatic nitrogens is 2. The molecule has 4 saturated carbocycles. The lowest BCUT2D eigenvalue weighted by Crippen LogP contribution is -2.53. The van der Waals surface area contributed by atoms with Gasteiger partial charge in [-0.05, 0) is 98.7 Å². The summed E-state index contributed by atoms with van der Waals surface area (Å²) in [6.07, 6.45) is 16.0. The lowest BCUT2D eigenvalue weighted by atomic mass is 9.44. The largest absolute Gasteiger partial charge is 0.327 e. The first-order valence-corrected chi connectivity index (χ1v) is 12.3. The molecule has 4 aliphatic carbocycles. The number of nitrogens with zero attached hydrogens (tertiary/aromatic N) is 2. The maximum absolute atomic E-state index is 13.4. The van der Waals surface area contributed by atoms with Gasteiger partial charge in [-0.15, -0.1) is 0 Å². The number of hydrogen-bond acceptors (Lipinski definition) is 2. The van der Waals surface area contributed by atoms with Crippen molar-refractivity contribution in [2.75, 3.05) is 0 Å². The number of rotatable bonds is 3. The minimum Gasteiger partial charge on any atom is -0.327 e. The van der Waals surface area contributed by atoms with E-state index in [0.717, 1.165) is 41.7 Å². The molecule has 1 aromatic heterocycles. The maximum atomic E-state index is 13.4. The molecule has 4 aliphatic rings. The molecular formula is C26H40N2O. The van der Waals surface area contributed by atoms with E-state index < -0.39 is 0 Å². The molecule has 29 heavy (non-hydrogen) atoms. The van der Waals surface area contributed by atoms with E-state index in [1.165, 1.54) is 51.4 Å². The number of carbonyl (C=O) groups excluding carboxylic acids is 1. The summed E-state index contributed by atoms with van der Waals surface area (Å²) in [6, 6.07) is 0. The van der Waals surface area contributed by atoms with Crippen molar-refractivity contribution in [3.63, 3.8) is 0 Å². The van der Waals surface area contributed by atoms with E-state index in [2.05, 4.69) is 32.7 Å². The summed E-state index contributed by atoms with van der Waals surface area (Å²) in [5, 5.41) is 0. The third-order valence-corrected chi connectivity index (χ3v) is 10.6. The molecule has 0 N–H and O–H groups in total. The second kappa shape index (κ2) is 6.95. The van der Waals surface area contributed by atoms with Crippen molar-refractivity contribution in [1.82, 2.24) is 9.55 Å². The summed E-state index contributed by atoms with van der Waals surface area (Å²) < 4.78 is 2.04. The fourth-order valence-electron chi connectivity index (χ4n) is 8.83. The Bertz CT molecular complexity index is 783. The summed E-state index contributed by atoms with van der Waals surface area (Å²) >= 11 is 0. The molecule has 3 heteroatoms. The van der Waals surface area contributed by atoms with Gasteiger partial charge in [-0.25, -0.2) is 4.98 Å². The van der Waals surface area contributed by atoms with Crippen molar-refractivity contribution in [3.05, 3.63) is 18.2 Å². The van der Waals surface area contributed by atoms with Gasteiger partial charge in [0, 0.05) is 17.8 Å². The Hall–Kier alpha value is -1.12. The van der Waals surface area contributed by atoms with E-state index in [1.807, 2.05) is 17.1 Å². The standard InChI is InChI=1S/C26H40N2O/c1-17-9-11-25(3)19(13-17)5-6-20-21-7-8-23(26(21,4)12-10-22(20)25)24(29)15-28-16-27-14-18(28)2/h14,16-17,19-23H,5-13,15H2,1-4H3. The van der Waals surface area contributed by atoms with Crippen LogP contribution in [0, 0.1) is 53.3 Å². The van der Waals surface area contributed by atoms with Gasteiger partial charge in [-0.1, -0.05) is 27.2 Å². The molecule has 1 heterocycles. The molecule has 4 fully saturated rings. The normalized spacial score (nSPS) is 46.6. The van der Waals surface area contributed by atoms with Gasteiger partial charge in [-0.3, -0.25) is 4.79 Å². The molecule has 1 aromatic rings. The van der Waals surface area contributed by atoms with E-state index in [4.69, 9.17) is 0 Å². The number of hydrogen-bond donors (Lipinski definition) is 0. The van der Waals surface area contributed by atoms with Crippen LogP contribution in [0.4, 0.5) is 0 Å². The Kier molecular flexibility index (Phi) is 4.75. The van der Waals surface area contributed by atoms with Gasteiger partial charge in [0.1, 0.15) is 0 Å². The molecule has 0 amide bonds. The highest BCUT2D eigenvalue weighted by atomic mass is 16.1. The van der Waals surface area contributed by atoms with E-state index in [9.17, 15) is 4.79 Å². The van der Waals surface area contributed by atoms with Crippen LogP contribution in [0.15, 0.2) is 12.5 Å². The van der Waals surface area contributed by atoms with Crippen LogP contribution >= 0.6 is 0 Å². The van der Waals surface area contributed by atoms with Gasteiger partial charge in [0.05, 0.1) is 12.9 Å². The molecule has 0 spiro atoms. The fourth-order valence-corrected chi connectivity index (χ4v) is 8.83. The lowest BCUT2D eigenvalue weighted by molar-refractivity contribution is -0.137. The molecule has 0 aliphatic heterocycles. The molecule has 0 aromatic carbocycles. The predicted octanol–water partition coefficient (Wildman–Crippen LogP) is 6.06. The molecule has 160 valence electrons. The van der Waals surface area contributed by atoms with Crippen LogP contribution in [-0.4, -0.2) is 15.3 Å². The highest BCUT2D eigenvalue weighted by Gasteiger charge is 2.60. The van der Waals surface area contributed by atoms with Crippen molar-refractivity contribution >= 4 is 5.78 Å². The second-order valence-electron chi connectivity index (χ2n) is 11.8. The molecule has 5 rings (SSSR count). The van der Waals surface area contributed by atoms with E-state index in [0.29, 0.717) is 17.7 Å². The highest BCUT2D eigenvalue weighted by molar-refractivity contribution is 5.82. The van der Waals surface area contributed by atoms with Crippen LogP contribution in [0.1, 0.15) is 84.3 Å². The third kappa shape index (κ3) is 2.97. The SMILES string of the molecule is Cc1cncn1CC(=O)C1CCC2C3CCC4CC(C)CCC4(C)C3CCC12C. The molecule has 0 bridgehead atoms. The predicted molar refractivity (Wildman–Crippen MR) is 116 cm³/mol. The maximum Gasteiger partial charge on any atom is 0.156 e. The van der Waals surface area contributed by atoms with Crippen LogP contribution < -0.4 is 0 Å². The van der Waals surface area contributed by atoms with E-state index in [-0.39, 0.29) is 11.3 Å². The molecule has 8 atom stereocenters. The number of ketones is 1. The average Bonchev–Trinajstić information content (AvgIpc) is 3.25. The Morgan fingerprint density at radius 2 is 1.83 bits per heavy atom. The zero-order valence-electron chi connectivity index (χ0n) is 19.0. The molecule has 3 nitrogen and oxygen atoms in total. The number of carbonyl (C=O) groups is 1. The van der Waals surface area contributed by atoms with Gasteiger partial charge >= 0.3 is 0 Å². The summed E-state index contributed by atoms with van der Waals surface area (Å²) in [6.45, 7) is 10.2. The van der Waals surface area contributed by atoms with Crippen LogP contribution in [-0.2, 0) is 11.3 Å². The Labute approximate surface area is 177 Å². The van der Waals surface area contributed by atoms with Gasteiger partial charge in [-0.2, -0.15) is 0 Å². The van der Waals surface area contributed by atoms with Crippen LogP contribution in [0.5, 0.6) is 0 Å². The summed E-state index contributed by atoms with van der Waals surface area (Å²) in [4.78, 5) is 17.6. The van der Waals surface area contributed by atoms with Crippen molar-refractivity contribution in [3.8, 4) is 0 Å². The van der Waals surface area contributed by atoms with Gasteiger partial charge in [0.25, 0.3) is 0 Å². The Morgan fingerprint density at radius 1 is 1.07 bits per heavy atom. The number of Topliss-reactive ketones (excluding diaryl/α,β-unsaturated/α-hetero) is 1. The van der Waals surface area contributed by atoms with Crippen molar-refractivity contribution in [2.24, 2.45) is 46.3 Å². The quantitative estimate of drug-likeness (QED) is 0.623. The van der Waals surface area contributed by atoms with Crippen molar-refractivity contribution in [2.45, 2.75) is 92.0 Å². The highest BCUT2D eigenvalue weighted by Crippen LogP contribution is 2.67. The fraction of sp³-hybridized carbons (Fsp3) is 0.846. The summed E-state index contributed by atoms with van der Waals surface area (Å²) in [7, 11) is 0. The van der Waals surface area contributed by atoms with Crippen LogP contribution in [0.25, 0.3) is 0 Å². The topological polar surface area (TPSA) is 34.9 Å². The van der Waals surface area contributed by atoms with Crippen LogP contribution in [0.3, 0.4) is 0 Å². The van der Waals surface area contributed by atoms with Gasteiger partial charge in [0.15, 0.2) is 5.78 Å². The minimum atomic E-state index is 0.234. The van der Waals surface area contributed by atoms with Crippen molar-refractivity contribution < 1.29 is 4.79 Å². The van der Waals surface area contributed by atoms with E-state index >= 15 is 0 Å². The third-order valence-electron chi connectivity index (χ3n) is 10.6. The van der Waals surface area contributed by atoms with Gasteiger partial charge in [0.2, 0.25) is 0 Å². The summed E-state index contributed by atoms with van der Waals surface area (Å²) in [5.41, 5.74) is 1.91. The Balaban J connectivity index is 1.36. The van der Waals surface area contributed by atoms with E-state index in [1.54, 1.807) is 0 Å². The second-order valence-corrected chi connectivity index (χ2v) is 11.8. The minimum absolute atomic E-state index is 0.234.